The van der Waals surface area contributed by atoms with Crippen molar-refractivity contribution in [3.63, 3.8) is 0 Å². The molecule has 0 spiro atoms. The van der Waals surface area contributed by atoms with Crippen molar-refractivity contribution in [1.29, 1.82) is 0 Å². The Morgan fingerprint density at radius 3 is 1.22 bits per heavy atom. The van der Waals surface area contributed by atoms with Gasteiger partial charge >= 0.3 is 0 Å². The number of nitrogens with one attached hydrogen (secondary N) is 1. The van der Waals surface area contributed by atoms with Gasteiger partial charge in [-0.3, -0.25) is 33.8 Å². The normalized spacial score (nSPS) is 17.0. The third kappa shape index (κ3) is 13.2. The van der Waals surface area contributed by atoms with Gasteiger partial charge in [-0.15, -0.1) is 0 Å². The fourth-order valence-corrected chi connectivity index (χ4v) is 17.3. The van der Waals surface area contributed by atoms with Crippen LogP contribution in [0.15, 0.2) is 60.7 Å². The number of hydrogen-bond donors (Lipinski definition) is 1. The van der Waals surface area contributed by atoms with Gasteiger partial charge in [-0.25, -0.2) is 0 Å². The molecule has 8 heteroatoms. The fourth-order valence-electron chi connectivity index (χ4n) is 17.3. The number of amides is 5. The summed E-state index contributed by atoms with van der Waals surface area (Å²) in [5.41, 5.74) is 21.0. The molecule has 4 aliphatic rings. The molecule has 2 atom stereocenters. The molecular formula is C83H105N3O5. The molecule has 0 bridgehead atoms. The Labute approximate surface area is 544 Å². The number of carbonyl (C=O) groups excluding carboxylic acids is 5. The Balaban J connectivity index is 0.680. The lowest BCUT2D eigenvalue weighted by Crippen LogP contribution is -2.47. The number of carbonyl (C=O) groups is 5. The molecule has 0 saturated heterocycles. The van der Waals surface area contributed by atoms with Gasteiger partial charge in [0.1, 0.15) is 0 Å². The second-order valence-electron chi connectivity index (χ2n) is 28.6. The maximum atomic E-state index is 14.7. The highest BCUT2D eigenvalue weighted by Crippen LogP contribution is 2.53. The van der Waals surface area contributed by atoms with Gasteiger partial charge in [0.25, 0.3) is 23.6 Å². The van der Waals surface area contributed by atoms with Crippen molar-refractivity contribution >= 4 is 83.8 Å². The Hall–Kier alpha value is -6.67. The zero-order valence-electron chi connectivity index (χ0n) is 57.1. The SMILES string of the molecule is CCCCCCC(CCCCCC)N1C(=O)c2ccc3c4ccc5c6c(ccc(c7ccc(c2c37)C1=O)c64)C(=O)N(CCCCCCCCCCc1cc(C)c2c(c1C)/C(=C1/c3c(C)c(CCCCCCCCCCNC(C)=O)cc(C)c3CC1C)C(C)C2)C5=O. The van der Waals surface area contributed by atoms with Crippen molar-refractivity contribution in [2.75, 3.05) is 13.1 Å². The van der Waals surface area contributed by atoms with Crippen LogP contribution in [-0.2, 0) is 30.5 Å². The minimum Gasteiger partial charge on any atom is -0.356 e. The van der Waals surface area contributed by atoms with E-state index in [-0.39, 0.29) is 35.6 Å². The van der Waals surface area contributed by atoms with Gasteiger partial charge in [-0.2, -0.15) is 0 Å². The van der Waals surface area contributed by atoms with E-state index < -0.39 is 0 Å². The van der Waals surface area contributed by atoms with Gasteiger partial charge < -0.3 is 5.32 Å². The van der Waals surface area contributed by atoms with Crippen LogP contribution in [0.2, 0.25) is 0 Å². The average molecular weight is 1220 g/mol. The van der Waals surface area contributed by atoms with Crippen molar-refractivity contribution in [3.8, 4) is 0 Å². The van der Waals surface area contributed by atoms with Gasteiger partial charge in [-0.1, -0.05) is 193 Å². The van der Waals surface area contributed by atoms with Crippen LogP contribution in [-0.4, -0.2) is 58.5 Å². The molecule has 5 amide bonds. The smallest absolute Gasteiger partial charge is 0.261 e. The molecule has 0 saturated carbocycles. The highest BCUT2D eigenvalue weighted by atomic mass is 16.2. The number of unbranched alkanes of at least 4 members (excludes halogenated alkanes) is 20. The van der Waals surface area contributed by atoms with Crippen LogP contribution in [0, 0.1) is 39.5 Å². The summed E-state index contributed by atoms with van der Waals surface area (Å²) in [6.45, 7) is 21.8. The first-order valence-corrected chi connectivity index (χ1v) is 36.3. The Morgan fingerprint density at radius 1 is 0.462 bits per heavy atom. The molecule has 0 aromatic heterocycles. The van der Waals surface area contributed by atoms with E-state index in [0.717, 1.165) is 166 Å². The van der Waals surface area contributed by atoms with Crippen molar-refractivity contribution < 1.29 is 24.0 Å². The van der Waals surface area contributed by atoms with Gasteiger partial charge in [-0.05, 0) is 227 Å². The topological polar surface area (TPSA) is 104 Å². The number of fused-ring (bicyclic) bond motifs is 4. The molecule has 2 aliphatic heterocycles. The van der Waals surface area contributed by atoms with Crippen LogP contribution >= 0.6 is 0 Å². The van der Waals surface area contributed by atoms with E-state index in [1.54, 1.807) is 50.8 Å². The lowest BCUT2D eigenvalue weighted by molar-refractivity contribution is -0.118. The van der Waals surface area contributed by atoms with Crippen molar-refractivity contribution in [3.05, 3.63) is 139 Å². The molecule has 7 aromatic rings. The minimum atomic E-state index is -0.227. The first-order chi connectivity index (χ1) is 44.2. The molecule has 2 aliphatic carbocycles. The Kier molecular flexibility index (Phi) is 21.3. The van der Waals surface area contributed by atoms with Crippen LogP contribution in [0.3, 0.4) is 0 Å². The van der Waals surface area contributed by atoms with Gasteiger partial charge in [0.2, 0.25) is 5.91 Å². The van der Waals surface area contributed by atoms with Gasteiger partial charge in [0.15, 0.2) is 0 Å². The van der Waals surface area contributed by atoms with E-state index in [1.165, 1.54) is 103 Å². The summed E-state index contributed by atoms with van der Waals surface area (Å²) < 4.78 is 0. The van der Waals surface area contributed by atoms with E-state index in [1.807, 2.05) is 48.5 Å². The predicted octanol–water partition coefficient (Wildman–Crippen LogP) is 20.9. The lowest BCUT2D eigenvalue weighted by atomic mass is 9.82. The summed E-state index contributed by atoms with van der Waals surface area (Å²) in [5.74, 6) is 0.262. The molecule has 91 heavy (non-hydrogen) atoms. The number of hydrogen-bond acceptors (Lipinski definition) is 5. The van der Waals surface area contributed by atoms with Crippen LogP contribution in [0.25, 0.3) is 54.2 Å². The third-order valence-electron chi connectivity index (χ3n) is 22.1. The number of allylic oxidation sites excluding steroid dienone is 2. The molecule has 8 nitrogen and oxygen atoms in total. The van der Waals surface area contributed by atoms with E-state index in [9.17, 15) is 24.0 Å². The summed E-state index contributed by atoms with van der Waals surface area (Å²) in [7, 11) is 0. The summed E-state index contributed by atoms with van der Waals surface area (Å²) in [4.78, 5) is 72.4. The van der Waals surface area contributed by atoms with Crippen LogP contribution in [0.4, 0.5) is 0 Å². The molecule has 0 radical (unpaired) electrons. The van der Waals surface area contributed by atoms with Crippen molar-refractivity contribution in [2.24, 2.45) is 11.8 Å². The van der Waals surface area contributed by atoms with E-state index in [0.29, 0.717) is 46.0 Å². The third-order valence-corrected chi connectivity index (χ3v) is 22.1. The zero-order valence-corrected chi connectivity index (χ0v) is 57.1. The largest absolute Gasteiger partial charge is 0.356 e. The van der Waals surface area contributed by atoms with Crippen molar-refractivity contribution in [1.82, 2.24) is 15.1 Å². The molecule has 0 fully saturated rings. The summed E-state index contributed by atoms with van der Waals surface area (Å²) >= 11 is 0. The number of rotatable bonds is 33. The van der Waals surface area contributed by atoms with Crippen molar-refractivity contribution in [2.45, 2.75) is 261 Å². The molecule has 2 unspecified atom stereocenters. The molecule has 482 valence electrons. The quantitative estimate of drug-likeness (QED) is 0.0191. The highest BCUT2D eigenvalue weighted by Gasteiger charge is 2.41. The Bertz CT molecular complexity index is 3780. The van der Waals surface area contributed by atoms with E-state index in [2.05, 4.69) is 72.8 Å². The molecule has 11 rings (SSSR count). The number of aryl methyl sites for hydroxylation is 4. The monoisotopic (exact) mass is 1220 g/mol. The maximum absolute atomic E-state index is 14.7. The first-order valence-electron chi connectivity index (χ1n) is 36.3. The number of nitrogens with zero attached hydrogens (tertiary/aromatic N) is 2. The molecule has 2 heterocycles. The van der Waals surface area contributed by atoms with Crippen LogP contribution in [0.1, 0.15) is 299 Å². The van der Waals surface area contributed by atoms with E-state index >= 15 is 0 Å². The minimum absolute atomic E-state index is 0.0736. The van der Waals surface area contributed by atoms with Crippen LogP contribution < -0.4 is 5.32 Å². The second kappa shape index (κ2) is 29.5. The maximum Gasteiger partial charge on any atom is 0.261 e. The standard InChI is InChI=1S/C83H105N3O5/c1-10-12-14-30-36-61(37-31-15-13-11-2)86-82(90)68-44-40-64-62-38-42-66-78-67(43-39-63(76(62)78)65-41-45-69(83(86)91)79(68)77(64)65)81(89)85(80(66)88)47-33-27-23-19-17-21-25-29-35-60-49-53(4)71-51-55(6)73(75(71)57(60)8)72-54(5)50-70-52(3)48-59(56(7)74(70)72)34-28-24-20-16-18-22-26-32-46-84-58(9)87/h38-45,48-49,54-55,61H,10-37,46-47,50-51H2,1-9H3,(H,84,87)/b73-72+. The van der Waals surface area contributed by atoms with E-state index in [4.69, 9.17) is 0 Å². The van der Waals surface area contributed by atoms with Gasteiger partial charge in [0.05, 0.1) is 0 Å². The lowest BCUT2D eigenvalue weighted by Gasteiger charge is -2.35. The summed E-state index contributed by atoms with van der Waals surface area (Å²) in [6, 6.07) is 20.7. The Morgan fingerprint density at radius 2 is 0.824 bits per heavy atom. The second-order valence-corrected chi connectivity index (χ2v) is 28.6. The number of benzene rings is 7. The number of imide groups is 2. The highest BCUT2D eigenvalue weighted by molar-refractivity contribution is 6.41. The summed E-state index contributed by atoms with van der Waals surface area (Å²) in [5, 5.41) is 9.86. The molecule has 7 aromatic carbocycles. The zero-order chi connectivity index (χ0) is 64.0. The fraction of sp³-hybridized carbons (Fsp3) is 0.530. The summed E-state index contributed by atoms with van der Waals surface area (Å²) in [6.07, 6.45) is 33.8. The average Bonchev–Trinajstić information content (AvgIpc) is 1.26. The predicted molar refractivity (Wildman–Crippen MR) is 379 cm³/mol. The first kappa shape index (κ1) is 65.8. The molecule has 1 N–H and O–H groups in total. The van der Waals surface area contributed by atoms with Gasteiger partial charge in [0, 0.05) is 59.1 Å². The van der Waals surface area contributed by atoms with Crippen LogP contribution in [0.5, 0.6) is 0 Å². The molecular weight excluding hydrogens is 1120 g/mol.